The van der Waals surface area contributed by atoms with Gasteiger partial charge in [-0.2, -0.15) is 0 Å². The van der Waals surface area contributed by atoms with Crippen LogP contribution in [0.5, 0.6) is 0 Å². The number of benzene rings is 1. The molecule has 0 aliphatic carbocycles. The van der Waals surface area contributed by atoms with Crippen LogP contribution in [0.4, 0.5) is 0 Å². The normalized spacial score (nSPS) is 19.8. The Morgan fingerprint density at radius 3 is 2.86 bits per heavy atom. The first-order chi connectivity index (χ1) is 9.99. The van der Waals surface area contributed by atoms with Crippen LogP contribution in [-0.2, 0) is 9.84 Å². The molecule has 110 valence electrons. The van der Waals surface area contributed by atoms with E-state index in [0.29, 0.717) is 27.5 Å². The Hall–Kier alpha value is -1.73. The van der Waals surface area contributed by atoms with Crippen LogP contribution in [0.2, 0.25) is 0 Å². The molecule has 3 rings (SSSR count). The van der Waals surface area contributed by atoms with Crippen LogP contribution in [0.15, 0.2) is 34.7 Å². The van der Waals surface area contributed by atoms with Crippen LogP contribution in [-0.4, -0.2) is 25.1 Å². The first-order valence-corrected chi connectivity index (χ1v) is 9.05. The van der Waals surface area contributed by atoms with Crippen molar-refractivity contribution in [3.8, 4) is 0 Å². The molecule has 0 spiro atoms. The monoisotopic (exact) mass is 322 g/mol. The van der Waals surface area contributed by atoms with Crippen molar-refractivity contribution in [1.29, 1.82) is 0 Å². The number of nitrogens with zero attached hydrogens (tertiary/aromatic N) is 1. The number of sulfone groups is 1. The number of fused-ring (bicyclic) bond motifs is 1. The number of hydrogen-bond donors (Lipinski definition) is 1. The van der Waals surface area contributed by atoms with Gasteiger partial charge in [-0.1, -0.05) is 18.2 Å². The summed E-state index contributed by atoms with van der Waals surface area (Å²) in [4.78, 5) is 17.2. The molecule has 0 saturated carbocycles. The predicted octanol–water partition coefficient (Wildman–Crippen LogP) is 2.10. The molecule has 2 heterocycles. The molecule has 0 radical (unpaired) electrons. The van der Waals surface area contributed by atoms with Crippen LogP contribution in [0.1, 0.15) is 33.4 Å². The maximum Gasteiger partial charge on any atom is 0.263 e. The molecule has 1 aliphatic heterocycles. The Labute approximate surface area is 127 Å². The van der Waals surface area contributed by atoms with Gasteiger partial charge in [0.2, 0.25) is 0 Å². The highest BCUT2D eigenvalue weighted by Gasteiger charge is 2.31. The standard InChI is InChI=1S/C14H14N2O3S2/c1-9-13(20-8-15-9)14(17)16-11-6-7-21(18,19)12-5-3-2-4-10(11)12/h2-5,8,11H,6-7H2,1H3,(H,16,17). The number of hydrogen-bond acceptors (Lipinski definition) is 5. The summed E-state index contributed by atoms with van der Waals surface area (Å²) < 4.78 is 24.1. The molecule has 21 heavy (non-hydrogen) atoms. The molecule has 0 fully saturated rings. The number of thiazole rings is 1. The van der Waals surface area contributed by atoms with Crippen molar-refractivity contribution in [1.82, 2.24) is 10.3 Å². The minimum absolute atomic E-state index is 0.0522. The van der Waals surface area contributed by atoms with Crippen molar-refractivity contribution in [2.45, 2.75) is 24.3 Å². The van der Waals surface area contributed by atoms with Crippen molar-refractivity contribution in [3.05, 3.63) is 45.9 Å². The molecule has 1 atom stereocenters. The highest BCUT2D eigenvalue weighted by atomic mass is 32.2. The van der Waals surface area contributed by atoms with Crippen molar-refractivity contribution in [3.63, 3.8) is 0 Å². The number of carbonyl (C=O) groups excluding carboxylic acids is 1. The average molecular weight is 322 g/mol. The molecule has 2 aromatic rings. The minimum Gasteiger partial charge on any atom is -0.344 e. The van der Waals surface area contributed by atoms with Crippen LogP contribution in [0.25, 0.3) is 0 Å². The molecular formula is C14H14N2O3S2. The Balaban J connectivity index is 1.91. The Morgan fingerprint density at radius 1 is 1.38 bits per heavy atom. The van der Waals surface area contributed by atoms with E-state index in [4.69, 9.17) is 0 Å². The van der Waals surface area contributed by atoms with Crippen molar-refractivity contribution in [2.75, 3.05) is 5.75 Å². The summed E-state index contributed by atoms with van der Waals surface area (Å²) in [5.41, 5.74) is 2.98. The number of amides is 1. The zero-order valence-electron chi connectivity index (χ0n) is 11.4. The maximum absolute atomic E-state index is 12.3. The van der Waals surface area contributed by atoms with E-state index in [1.807, 2.05) is 0 Å². The summed E-state index contributed by atoms with van der Waals surface area (Å²) in [6.45, 7) is 1.78. The number of nitrogens with one attached hydrogen (secondary N) is 1. The van der Waals surface area contributed by atoms with E-state index in [1.54, 1.807) is 36.7 Å². The fraction of sp³-hybridized carbons (Fsp3) is 0.286. The maximum atomic E-state index is 12.3. The quantitative estimate of drug-likeness (QED) is 0.918. The molecule has 1 aromatic heterocycles. The van der Waals surface area contributed by atoms with E-state index in [1.165, 1.54) is 11.3 Å². The lowest BCUT2D eigenvalue weighted by atomic mass is 10.0. The summed E-state index contributed by atoms with van der Waals surface area (Å²) in [5.74, 6) is -0.148. The smallest absolute Gasteiger partial charge is 0.263 e. The van der Waals surface area contributed by atoms with Crippen LogP contribution < -0.4 is 5.32 Å². The van der Waals surface area contributed by atoms with E-state index in [9.17, 15) is 13.2 Å². The fourth-order valence-electron chi connectivity index (χ4n) is 2.48. The van der Waals surface area contributed by atoms with E-state index in [-0.39, 0.29) is 17.7 Å². The van der Waals surface area contributed by atoms with Crippen molar-refractivity contribution < 1.29 is 13.2 Å². The van der Waals surface area contributed by atoms with Gasteiger partial charge in [-0.25, -0.2) is 13.4 Å². The summed E-state index contributed by atoms with van der Waals surface area (Å²) in [5, 5.41) is 2.92. The molecule has 5 nitrogen and oxygen atoms in total. The molecule has 7 heteroatoms. The largest absolute Gasteiger partial charge is 0.344 e. The van der Waals surface area contributed by atoms with Gasteiger partial charge in [-0.3, -0.25) is 4.79 Å². The van der Waals surface area contributed by atoms with E-state index < -0.39 is 9.84 Å². The minimum atomic E-state index is -3.23. The molecule has 1 aromatic carbocycles. The molecule has 1 unspecified atom stereocenters. The third-order valence-corrected chi connectivity index (χ3v) is 6.30. The third kappa shape index (κ3) is 2.58. The topological polar surface area (TPSA) is 76.1 Å². The third-order valence-electron chi connectivity index (χ3n) is 3.56. The van der Waals surface area contributed by atoms with Gasteiger partial charge in [0, 0.05) is 0 Å². The summed E-state index contributed by atoms with van der Waals surface area (Å²) >= 11 is 1.29. The van der Waals surface area contributed by atoms with Crippen LogP contribution in [0.3, 0.4) is 0 Å². The Kier molecular flexibility index (Phi) is 3.54. The SMILES string of the molecule is Cc1ncsc1C(=O)NC1CCS(=O)(=O)c2ccccc21. The van der Waals surface area contributed by atoms with Crippen LogP contribution >= 0.6 is 11.3 Å². The average Bonchev–Trinajstić information content (AvgIpc) is 2.89. The molecule has 1 amide bonds. The van der Waals surface area contributed by atoms with Crippen molar-refractivity contribution >= 4 is 27.1 Å². The highest BCUT2D eigenvalue weighted by molar-refractivity contribution is 7.91. The lowest BCUT2D eigenvalue weighted by molar-refractivity contribution is 0.0938. The first-order valence-electron chi connectivity index (χ1n) is 6.51. The number of rotatable bonds is 2. The second-order valence-corrected chi connectivity index (χ2v) is 7.87. The van der Waals surface area contributed by atoms with Gasteiger partial charge >= 0.3 is 0 Å². The Morgan fingerprint density at radius 2 is 2.14 bits per heavy atom. The van der Waals surface area contributed by atoms with Gasteiger partial charge in [0.25, 0.3) is 5.91 Å². The Bertz CT molecular complexity index is 796. The molecule has 0 saturated heterocycles. The van der Waals surface area contributed by atoms with Gasteiger partial charge in [0.15, 0.2) is 9.84 Å². The van der Waals surface area contributed by atoms with E-state index >= 15 is 0 Å². The zero-order valence-corrected chi connectivity index (χ0v) is 13.0. The molecular weight excluding hydrogens is 308 g/mol. The van der Waals surface area contributed by atoms with Gasteiger partial charge in [-0.15, -0.1) is 11.3 Å². The second-order valence-electron chi connectivity index (χ2n) is 4.94. The van der Waals surface area contributed by atoms with Gasteiger partial charge < -0.3 is 5.32 Å². The zero-order chi connectivity index (χ0) is 15.0. The number of aromatic nitrogens is 1. The number of carbonyl (C=O) groups is 1. The highest BCUT2D eigenvalue weighted by Crippen LogP contribution is 2.32. The molecule has 1 N–H and O–H groups in total. The predicted molar refractivity (Wildman–Crippen MR) is 80.2 cm³/mol. The summed E-state index contributed by atoms with van der Waals surface area (Å²) in [7, 11) is -3.23. The fourth-order valence-corrected chi connectivity index (χ4v) is 4.81. The first kappa shape index (κ1) is 14.2. The van der Waals surface area contributed by atoms with Gasteiger partial charge in [-0.05, 0) is 25.0 Å². The van der Waals surface area contributed by atoms with Gasteiger partial charge in [0.1, 0.15) is 4.88 Å². The van der Waals surface area contributed by atoms with Crippen LogP contribution in [0, 0.1) is 6.92 Å². The second kappa shape index (κ2) is 5.23. The van der Waals surface area contributed by atoms with Gasteiger partial charge in [0.05, 0.1) is 27.9 Å². The van der Waals surface area contributed by atoms with E-state index in [0.717, 1.165) is 0 Å². The summed E-state index contributed by atoms with van der Waals surface area (Å²) in [6, 6.07) is 6.57. The number of aryl methyl sites for hydroxylation is 1. The summed E-state index contributed by atoms with van der Waals surface area (Å²) in [6.07, 6.45) is 0.392. The molecule has 1 aliphatic rings. The lowest BCUT2D eigenvalue weighted by Crippen LogP contribution is -2.33. The molecule has 0 bridgehead atoms. The lowest BCUT2D eigenvalue weighted by Gasteiger charge is -2.26. The van der Waals surface area contributed by atoms with E-state index in [2.05, 4.69) is 10.3 Å². The van der Waals surface area contributed by atoms with Crippen molar-refractivity contribution in [2.24, 2.45) is 0 Å².